The summed E-state index contributed by atoms with van der Waals surface area (Å²) in [5.74, 6) is 0. The zero-order chi connectivity index (χ0) is 18.5. The van der Waals surface area contributed by atoms with Crippen molar-refractivity contribution < 1.29 is 9.46 Å². The van der Waals surface area contributed by atoms with Gasteiger partial charge in [0.25, 0.3) is 0 Å². The van der Waals surface area contributed by atoms with Crippen LogP contribution >= 0.6 is 30.7 Å². The number of halogens is 1. The predicted molar refractivity (Wildman–Crippen MR) is 109 cm³/mol. The van der Waals surface area contributed by atoms with Crippen molar-refractivity contribution in [3.63, 3.8) is 0 Å². The number of imidazole rings is 1. The molecular formula is C18H17ClN3O2PS. The van der Waals surface area contributed by atoms with Crippen molar-refractivity contribution in [1.29, 1.82) is 0 Å². The summed E-state index contributed by atoms with van der Waals surface area (Å²) in [6.45, 7) is 1.34. The summed E-state index contributed by atoms with van der Waals surface area (Å²) in [7, 11) is -1.07. The van der Waals surface area contributed by atoms with Crippen LogP contribution in [0, 0.1) is 0 Å². The van der Waals surface area contributed by atoms with Gasteiger partial charge in [-0.25, -0.2) is 4.98 Å². The molecule has 0 aliphatic heterocycles. The van der Waals surface area contributed by atoms with E-state index >= 15 is 0 Å². The van der Waals surface area contributed by atoms with Crippen LogP contribution < -0.4 is 0 Å². The minimum Gasteiger partial charge on any atom is -0.351 e. The highest BCUT2D eigenvalue weighted by Crippen LogP contribution is 2.41. The van der Waals surface area contributed by atoms with Crippen LogP contribution in [0.3, 0.4) is 0 Å². The van der Waals surface area contributed by atoms with Crippen LogP contribution in [-0.2, 0) is 11.6 Å². The predicted octanol–water partition coefficient (Wildman–Crippen LogP) is 5.32. The molecule has 1 unspecified atom stereocenters. The maximum atomic E-state index is 11.5. The average Bonchev–Trinajstić information content (AvgIpc) is 3.14. The maximum absolute atomic E-state index is 11.5. The highest BCUT2D eigenvalue weighted by atomic mass is 35.5. The highest BCUT2D eigenvalue weighted by Gasteiger charge is 2.14. The molecule has 1 atom stereocenters. The maximum Gasteiger partial charge on any atom is 0.207 e. The smallest absolute Gasteiger partial charge is 0.207 e. The Morgan fingerprint density at radius 2 is 2.12 bits per heavy atom. The minimum absolute atomic E-state index is 0.123. The van der Waals surface area contributed by atoms with Crippen LogP contribution in [0.1, 0.15) is 0 Å². The first-order valence-electron chi connectivity index (χ1n) is 7.97. The molecule has 2 N–H and O–H groups in total. The zero-order valence-corrected chi connectivity index (χ0v) is 16.7. The van der Waals surface area contributed by atoms with Gasteiger partial charge in [0.05, 0.1) is 21.5 Å². The summed E-state index contributed by atoms with van der Waals surface area (Å²) in [5, 5.41) is 2.40. The van der Waals surface area contributed by atoms with E-state index in [0.29, 0.717) is 10.2 Å². The van der Waals surface area contributed by atoms with Crippen LogP contribution in [0.5, 0.6) is 0 Å². The molecule has 0 amide bonds. The van der Waals surface area contributed by atoms with Gasteiger partial charge in [0, 0.05) is 36.4 Å². The second kappa shape index (κ2) is 6.46. The monoisotopic (exact) mass is 405 g/mol. The Morgan fingerprint density at radius 1 is 1.31 bits per heavy atom. The molecule has 0 radical (unpaired) electrons. The number of nitrogens with zero attached hydrogens (tertiary/aromatic N) is 2. The molecule has 0 fully saturated rings. The number of H-pyrrole nitrogens is 1. The molecule has 8 heteroatoms. The molecule has 2 heterocycles. The van der Waals surface area contributed by atoms with E-state index in [1.807, 2.05) is 25.4 Å². The van der Waals surface area contributed by atoms with E-state index in [0.717, 1.165) is 33.1 Å². The van der Waals surface area contributed by atoms with Gasteiger partial charge in [0.2, 0.25) is 7.37 Å². The van der Waals surface area contributed by atoms with Crippen LogP contribution in [0.25, 0.3) is 33.1 Å². The number of hydrogen-bond donors (Lipinski definition) is 2. The molecular weight excluding hydrogens is 389 g/mol. The van der Waals surface area contributed by atoms with Gasteiger partial charge >= 0.3 is 0 Å². The quantitative estimate of drug-likeness (QED) is 0.356. The summed E-state index contributed by atoms with van der Waals surface area (Å²) in [6.07, 6.45) is 2.03. The van der Waals surface area contributed by atoms with E-state index < -0.39 is 7.37 Å². The van der Waals surface area contributed by atoms with Gasteiger partial charge in [0.1, 0.15) is 0 Å². The fraction of sp³-hybridized carbons (Fsp3) is 0.167. The Hall–Kier alpha value is -1.72. The summed E-state index contributed by atoms with van der Waals surface area (Å²) >= 11 is 7.75. The van der Waals surface area contributed by atoms with Gasteiger partial charge in [-0.2, -0.15) is 0 Å². The molecule has 5 nitrogen and oxygen atoms in total. The van der Waals surface area contributed by atoms with Gasteiger partial charge in [-0.1, -0.05) is 29.4 Å². The summed E-state index contributed by atoms with van der Waals surface area (Å²) in [5.41, 5.74) is 4.82. The number of hydrogen-bond acceptors (Lipinski definition) is 3. The van der Waals surface area contributed by atoms with Gasteiger partial charge in [0.15, 0.2) is 5.16 Å². The number of rotatable bonds is 4. The molecule has 2 aromatic carbocycles. The first-order valence-corrected chi connectivity index (χ1v) is 11.6. The Kier molecular flexibility index (Phi) is 4.40. The van der Waals surface area contributed by atoms with Crippen LogP contribution in [0.15, 0.2) is 47.8 Å². The third-order valence-electron chi connectivity index (χ3n) is 4.19. The number of aromatic nitrogens is 3. The largest absolute Gasteiger partial charge is 0.351 e. The van der Waals surface area contributed by atoms with E-state index in [4.69, 9.17) is 11.6 Å². The number of nitrogens with one attached hydrogen (secondary N) is 1. The molecule has 0 spiro atoms. The Balaban J connectivity index is 1.74. The van der Waals surface area contributed by atoms with E-state index in [-0.39, 0.29) is 5.49 Å². The number of aromatic amines is 1. The fourth-order valence-electron chi connectivity index (χ4n) is 2.93. The van der Waals surface area contributed by atoms with E-state index in [9.17, 15) is 9.46 Å². The van der Waals surface area contributed by atoms with Crippen LogP contribution in [-0.4, -0.2) is 31.6 Å². The molecule has 0 aliphatic carbocycles. The van der Waals surface area contributed by atoms with Crippen molar-refractivity contribution in [3.8, 4) is 11.1 Å². The minimum atomic E-state index is -3.09. The molecule has 0 saturated heterocycles. The van der Waals surface area contributed by atoms with Crippen molar-refractivity contribution in [2.75, 3.05) is 12.2 Å². The van der Waals surface area contributed by atoms with Crippen LogP contribution in [0.4, 0.5) is 0 Å². The molecule has 26 heavy (non-hydrogen) atoms. The molecule has 0 aliphatic rings. The normalized spacial score (nSPS) is 14.2. The first-order chi connectivity index (χ1) is 12.3. The molecule has 134 valence electrons. The molecule has 2 aromatic heterocycles. The third-order valence-corrected chi connectivity index (χ3v) is 7.40. The third kappa shape index (κ3) is 3.42. The van der Waals surface area contributed by atoms with Crippen molar-refractivity contribution in [2.45, 2.75) is 5.16 Å². The van der Waals surface area contributed by atoms with Crippen molar-refractivity contribution in [1.82, 2.24) is 14.5 Å². The lowest BCUT2D eigenvalue weighted by Crippen LogP contribution is -1.85. The molecule has 4 rings (SSSR count). The van der Waals surface area contributed by atoms with Crippen LogP contribution in [0.2, 0.25) is 5.02 Å². The highest BCUT2D eigenvalue weighted by molar-refractivity contribution is 8.04. The lowest BCUT2D eigenvalue weighted by atomic mass is 10.0. The SMILES string of the molecule is Cn1ccc2cc(-c3cc4nc(SCP(C)(=O)O)[nH]c4cc3Cl)ccc21. The standard InChI is InChI=1S/C18H17ClN3O2PS/c1-22-6-5-12-7-11(3-4-17(12)22)13-8-15-16(9-14(13)19)21-18(20-15)26-10-25(2,23)24/h3-9H,10H2,1-2H3,(H,20,21)(H,23,24). The van der Waals surface area contributed by atoms with Gasteiger partial charge in [-0.15, -0.1) is 0 Å². The second-order valence-corrected chi connectivity index (χ2v) is 10.6. The Morgan fingerprint density at radius 3 is 2.88 bits per heavy atom. The van der Waals surface area contributed by atoms with E-state index in [1.54, 1.807) is 0 Å². The van der Waals surface area contributed by atoms with E-state index in [2.05, 4.69) is 38.8 Å². The van der Waals surface area contributed by atoms with Crippen molar-refractivity contribution in [3.05, 3.63) is 47.6 Å². The fourth-order valence-corrected chi connectivity index (χ4v) is 4.99. The number of aryl methyl sites for hydroxylation is 1. The topological polar surface area (TPSA) is 70.9 Å². The summed E-state index contributed by atoms with van der Waals surface area (Å²) in [4.78, 5) is 17.1. The van der Waals surface area contributed by atoms with Gasteiger partial charge in [-0.05, 0) is 35.9 Å². The number of thioether (sulfide) groups is 1. The lowest BCUT2D eigenvalue weighted by Gasteiger charge is -2.06. The number of benzene rings is 2. The van der Waals surface area contributed by atoms with E-state index in [1.165, 1.54) is 18.4 Å². The van der Waals surface area contributed by atoms with Crippen molar-refractivity contribution >= 4 is 52.7 Å². The molecule has 0 saturated carbocycles. The van der Waals surface area contributed by atoms with Crippen molar-refractivity contribution in [2.24, 2.45) is 7.05 Å². The summed E-state index contributed by atoms with van der Waals surface area (Å²) in [6, 6.07) is 12.1. The number of fused-ring (bicyclic) bond motifs is 2. The Labute approximate surface area is 159 Å². The first kappa shape index (κ1) is 17.7. The van der Waals surface area contributed by atoms with Gasteiger partial charge in [-0.3, -0.25) is 4.57 Å². The second-order valence-electron chi connectivity index (χ2n) is 6.42. The van der Waals surface area contributed by atoms with Gasteiger partial charge < -0.3 is 14.4 Å². The Bertz CT molecular complexity index is 1180. The lowest BCUT2D eigenvalue weighted by molar-refractivity contribution is 0.490. The zero-order valence-electron chi connectivity index (χ0n) is 14.2. The average molecular weight is 406 g/mol. The molecule has 4 aromatic rings. The molecule has 0 bridgehead atoms. The summed E-state index contributed by atoms with van der Waals surface area (Å²) < 4.78 is 13.6.